The number of rotatable bonds is 7. The predicted molar refractivity (Wildman–Crippen MR) is 483 cm³/mol. The molecule has 4 aromatic heterocycles. The second-order valence-electron chi connectivity index (χ2n) is 28.8. The van der Waals surface area contributed by atoms with Gasteiger partial charge in [0.05, 0.1) is 52.4 Å². The van der Waals surface area contributed by atoms with Crippen molar-refractivity contribution in [2.24, 2.45) is 0 Å². The Kier molecular flexibility index (Phi) is 18.8. The van der Waals surface area contributed by atoms with Crippen molar-refractivity contribution in [2.75, 3.05) is 0 Å². The summed E-state index contributed by atoms with van der Waals surface area (Å²) >= 11 is 2.87. The maximum absolute atomic E-state index is 13.1. The molecule has 19 aromatic carbocycles. The first kappa shape index (κ1) is 72.7. The quantitative estimate of drug-likeness (QED) is 0.119. The second kappa shape index (κ2) is 30.4. The lowest BCUT2D eigenvalue weighted by molar-refractivity contribution is -0.385. The number of benzene rings is 19. The Bertz CT molecular complexity index is 7720. The molecule has 0 bridgehead atoms. The molecule has 4 heterocycles. The summed E-state index contributed by atoms with van der Waals surface area (Å²) in [7, 11) is 0. The molecule has 0 spiro atoms. The number of halogens is 3. The van der Waals surface area contributed by atoms with E-state index in [4.69, 9.17) is 0 Å². The van der Waals surface area contributed by atoms with Crippen LogP contribution in [0, 0.1) is 42.0 Å². The average Bonchev–Trinajstić information content (AvgIpc) is 1.57. The molecule has 0 aliphatic rings. The molecule has 23 rings (SSSR count). The third-order valence-corrected chi connectivity index (χ3v) is 22.7. The number of fused-ring (bicyclic) bond motifs is 24. The van der Waals surface area contributed by atoms with Crippen LogP contribution in [0.5, 0.6) is 0 Å². The van der Waals surface area contributed by atoms with Gasteiger partial charge in [0, 0.05) is 94.7 Å². The van der Waals surface area contributed by atoms with Gasteiger partial charge in [-0.3, -0.25) is 30.3 Å². The van der Waals surface area contributed by atoms with E-state index in [0.29, 0.717) is 16.7 Å². The highest BCUT2D eigenvalue weighted by atomic mass is 79.9. The van der Waals surface area contributed by atoms with Crippen molar-refractivity contribution >= 4 is 185 Å². The van der Waals surface area contributed by atoms with Crippen molar-refractivity contribution in [3.05, 3.63) is 423 Å². The topological polar surface area (TPSA) is 171 Å². The number of hydrogen-bond acceptors (Lipinski definition) is 6. The summed E-state index contributed by atoms with van der Waals surface area (Å²) in [5, 5.41) is 58.2. The molecule has 2 N–H and O–H groups in total. The molecule has 564 valence electrons. The minimum atomic E-state index is -0.580. The highest BCUT2D eigenvalue weighted by molar-refractivity contribution is 9.10. The molecular formula is C102H64BrF2N7O6. The summed E-state index contributed by atoms with van der Waals surface area (Å²) in [6.07, 6.45) is 0. The van der Waals surface area contributed by atoms with Crippen molar-refractivity contribution in [3.8, 4) is 33.6 Å². The molecule has 0 unspecified atom stereocenters. The van der Waals surface area contributed by atoms with Gasteiger partial charge >= 0.3 is 0 Å². The van der Waals surface area contributed by atoms with Gasteiger partial charge < -0.3 is 19.1 Å². The lowest BCUT2D eigenvalue weighted by Gasteiger charge is -2.11. The number of hydrogen-bond donors (Lipinski definition) is 2. The van der Waals surface area contributed by atoms with Crippen LogP contribution in [0.2, 0.25) is 0 Å². The van der Waals surface area contributed by atoms with Crippen molar-refractivity contribution in [1.29, 1.82) is 0 Å². The summed E-state index contributed by atoms with van der Waals surface area (Å²) in [6.45, 7) is 0. The molecule has 0 atom stereocenters. The zero-order valence-electron chi connectivity index (χ0n) is 62.6. The molecule has 0 saturated carbocycles. The average molecular weight is 1600 g/mol. The van der Waals surface area contributed by atoms with E-state index in [1.807, 2.05) is 42.5 Å². The van der Waals surface area contributed by atoms with Gasteiger partial charge in [0.2, 0.25) is 0 Å². The number of nitro benzene ring substituents is 3. The number of aromatic nitrogens is 4. The Morgan fingerprint density at radius 1 is 0.254 bits per heavy atom. The monoisotopic (exact) mass is 1600 g/mol. The molecular weight excluding hydrogens is 1540 g/mol. The smallest absolute Gasteiger partial charge is 0.283 e. The van der Waals surface area contributed by atoms with E-state index in [-0.39, 0.29) is 26.5 Å². The SMILES string of the molecule is O=[N+]([O-])c1ccc(-n2c3ccc4ccccc4c3c3c4ccccc4ccc32)cc1-c1ccccc1.O=[N+]([O-])c1ccc(F)cc1-c1ccccc1.O=[N+]([O-])c1ccc(F)cc1Br.c1ccc2c(c1)ccc1[nH]c3ccc4ccccc4c3c12.c1ccc2c(c1)ccc1c2c2c3ccccc3ccc2n1-c1ccc2[nH]c3ccccc3c2c1. The van der Waals surface area contributed by atoms with Crippen molar-refractivity contribution < 1.29 is 23.6 Å². The number of aromatic amines is 2. The summed E-state index contributed by atoms with van der Waals surface area (Å²) in [4.78, 5) is 38.6. The maximum atomic E-state index is 13.1. The van der Waals surface area contributed by atoms with E-state index in [0.717, 1.165) is 46.5 Å². The first-order chi connectivity index (χ1) is 57.8. The van der Waals surface area contributed by atoms with Crippen LogP contribution in [0.25, 0.3) is 185 Å². The first-order valence-electron chi connectivity index (χ1n) is 38.2. The highest BCUT2D eigenvalue weighted by Gasteiger charge is 2.24. The minimum absolute atomic E-state index is 0.0902. The fraction of sp³-hybridized carbons (Fsp3) is 0. The van der Waals surface area contributed by atoms with Gasteiger partial charge in [-0.2, -0.15) is 0 Å². The van der Waals surface area contributed by atoms with Gasteiger partial charge in [0.1, 0.15) is 11.6 Å². The largest absolute Gasteiger partial charge is 0.355 e. The van der Waals surface area contributed by atoms with Crippen LogP contribution in [-0.2, 0) is 0 Å². The van der Waals surface area contributed by atoms with Crippen molar-refractivity contribution in [1.82, 2.24) is 19.1 Å². The maximum Gasteiger partial charge on any atom is 0.283 e. The summed E-state index contributed by atoms with van der Waals surface area (Å²) < 4.78 is 30.3. The molecule has 0 saturated heterocycles. The van der Waals surface area contributed by atoms with Gasteiger partial charge in [-0.05, 0) is 189 Å². The Balaban J connectivity index is 0.000000104. The van der Waals surface area contributed by atoms with Gasteiger partial charge in [-0.25, -0.2) is 8.78 Å². The standard InChI is InChI=1S/C32H20N2O2.C32H20N2.C20H13N.C12H8FNO2.C6H3BrFNO2/c35-34(36)28-19-16-24(20-27(28)21-8-2-1-3-9-21)33-29-17-14-22-10-4-6-12-25(22)31(29)32-26-13-7-5-11-23(26)15-18-30(32)33;1-3-9-23-20(7-1)13-17-29-31(23)32-24-10-4-2-8-21(24)14-18-30(32)34(29)22-15-16-28-26(19-22)25-11-5-6-12-27(25)33-28;1-3-7-15-13(5-1)9-11-17-19(15)20-16-8-4-2-6-14(16)10-12-18(20)21-17;13-10-6-7-12(14(15)16)11(8-10)9-4-2-1-3-5-9;7-5-3-4(8)1-2-6(5)9(10)11/h1-20H;1-19,33H;1-12,21H;1-8H;1-3H. The van der Waals surface area contributed by atoms with E-state index in [1.54, 1.807) is 36.4 Å². The zero-order valence-corrected chi connectivity index (χ0v) is 64.2. The summed E-state index contributed by atoms with van der Waals surface area (Å²) in [6, 6.07) is 124. The summed E-state index contributed by atoms with van der Waals surface area (Å²) in [5.41, 5.74) is 13.7. The molecule has 0 fully saturated rings. The molecule has 23 aromatic rings. The summed E-state index contributed by atoms with van der Waals surface area (Å²) in [5.74, 6) is -0.980. The number of nitrogens with one attached hydrogen (secondary N) is 2. The minimum Gasteiger partial charge on any atom is -0.355 e. The molecule has 0 amide bonds. The van der Waals surface area contributed by atoms with Gasteiger partial charge in [-0.1, -0.05) is 261 Å². The van der Waals surface area contributed by atoms with E-state index in [2.05, 4.69) is 296 Å². The van der Waals surface area contributed by atoms with Crippen LogP contribution in [-0.4, -0.2) is 33.9 Å². The van der Waals surface area contributed by atoms with E-state index in [9.17, 15) is 39.1 Å². The van der Waals surface area contributed by atoms with Crippen LogP contribution < -0.4 is 0 Å². The highest BCUT2D eigenvalue weighted by Crippen LogP contribution is 2.45. The number of nitrogens with zero attached hydrogens (tertiary/aromatic N) is 5. The number of H-pyrrole nitrogens is 2. The zero-order chi connectivity index (χ0) is 80.2. The van der Waals surface area contributed by atoms with Crippen LogP contribution in [0.4, 0.5) is 25.8 Å². The lowest BCUT2D eigenvalue weighted by Crippen LogP contribution is -1.98. The Morgan fingerprint density at radius 2 is 0.551 bits per heavy atom. The number of nitro groups is 3. The number of para-hydroxylation sites is 1. The van der Waals surface area contributed by atoms with Crippen LogP contribution >= 0.6 is 15.9 Å². The van der Waals surface area contributed by atoms with Gasteiger partial charge in [-0.15, -0.1) is 0 Å². The molecule has 13 nitrogen and oxygen atoms in total. The normalized spacial score (nSPS) is 11.4. The van der Waals surface area contributed by atoms with Gasteiger partial charge in [0.25, 0.3) is 17.1 Å². The predicted octanol–water partition coefficient (Wildman–Crippen LogP) is 28.9. The van der Waals surface area contributed by atoms with Crippen LogP contribution in [0.3, 0.4) is 0 Å². The lowest BCUT2D eigenvalue weighted by atomic mass is 10.00. The van der Waals surface area contributed by atoms with Crippen molar-refractivity contribution in [3.63, 3.8) is 0 Å². The fourth-order valence-electron chi connectivity index (χ4n) is 16.9. The molecule has 0 aliphatic carbocycles. The Labute approximate surface area is 679 Å². The molecule has 0 aliphatic heterocycles. The fourth-order valence-corrected chi connectivity index (χ4v) is 17.4. The Hall–Kier alpha value is -15.5. The Morgan fingerprint density at radius 3 is 0.958 bits per heavy atom. The van der Waals surface area contributed by atoms with Crippen LogP contribution in [0.15, 0.2) is 381 Å². The van der Waals surface area contributed by atoms with Gasteiger partial charge in [0.15, 0.2) is 0 Å². The molecule has 0 radical (unpaired) electrons. The first-order valence-corrected chi connectivity index (χ1v) is 39.0. The van der Waals surface area contributed by atoms with Crippen molar-refractivity contribution in [2.45, 2.75) is 0 Å². The second-order valence-corrected chi connectivity index (χ2v) is 29.7. The van der Waals surface area contributed by atoms with E-state index in [1.165, 1.54) is 159 Å². The van der Waals surface area contributed by atoms with Crippen LogP contribution in [0.1, 0.15) is 0 Å². The van der Waals surface area contributed by atoms with E-state index < -0.39 is 21.5 Å². The third kappa shape index (κ3) is 13.1. The molecule has 118 heavy (non-hydrogen) atoms. The third-order valence-electron chi connectivity index (χ3n) is 22.1. The van der Waals surface area contributed by atoms with E-state index >= 15 is 0 Å². The molecule has 16 heteroatoms.